The van der Waals surface area contributed by atoms with Crippen LogP contribution in [-0.2, 0) is 4.79 Å². The average Bonchev–Trinajstić information content (AvgIpc) is 2.83. The molecule has 92 valence electrons. The summed E-state index contributed by atoms with van der Waals surface area (Å²) in [7, 11) is 0. The van der Waals surface area contributed by atoms with Crippen LogP contribution in [0.25, 0.3) is 0 Å². The maximum absolute atomic E-state index is 12.0. The highest BCUT2D eigenvalue weighted by atomic mass is 16.2. The SMILES string of the molecule is Cc1ccc(NC(=O)C2CCCN2)c(C)c1C. The predicted molar refractivity (Wildman–Crippen MR) is 70.3 cm³/mol. The summed E-state index contributed by atoms with van der Waals surface area (Å²) in [6.07, 6.45) is 2.03. The number of rotatable bonds is 2. The number of anilines is 1. The van der Waals surface area contributed by atoms with E-state index in [1.54, 1.807) is 0 Å². The first-order valence-corrected chi connectivity index (χ1v) is 6.20. The first-order chi connectivity index (χ1) is 8.09. The molecule has 1 atom stereocenters. The Bertz CT molecular complexity index is 434. The van der Waals surface area contributed by atoms with E-state index < -0.39 is 0 Å². The smallest absolute Gasteiger partial charge is 0.241 e. The standard InChI is InChI=1S/C14H20N2O/c1-9-6-7-12(11(3)10(9)2)16-14(17)13-5-4-8-15-13/h6-7,13,15H,4-5,8H2,1-3H3,(H,16,17). The second kappa shape index (κ2) is 4.88. The second-order valence-electron chi connectivity index (χ2n) is 4.82. The fourth-order valence-corrected chi connectivity index (χ4v) is 2.22. The highest BCUT2D eigenvalue weighted by Gasteiger charge is 2.22. The fraction of sp³-hybridized carbons (Fsp3) is 0.500. The normalized spacial score (nSPS) is 19.4. The van der Waals surface area contributed by atoms with E-state index in [-0.39, 0.29) is 11.9 Å². The average molecular weight is 232 g/mol. The predicted octanol–water partition coefficient (Wildman–Crippen LogP) is 2.30. The number of carbonyl (C=O) groups is 1. The Morgan fingerprint density at radius 1 is 1.29 bits per heavy atom. The van der Waals surface area contributed by atoms with Gasteiger partial charge in [0.15, 0.2) is 0 Å². The van der Waals surface area contributed by atoms with Crippen LogP contribution < -0.4 is 10.6 Å². The van der Waals surface area contributed by atoms with Crippen molar-refractivity contribution in [3.05, 3.63) is 28.8 Å². The van der Waals surface area contributed by atoms with Crippen molar-refractivity contribution in [3.63, 3.8) is 0 Å². The highest BCUT2D eigenvalue weighted by molar-refractivity contribution is 5.95. The van der Waals surface area contributed by atoms with E-state index in [9.17, 15) is 4.79 Å². The quantitative estimate of drug-likeness (QED) is 0.821. The van der Waals surface area contributed by atoms with Crippen LogP contribution >= 0.6 is 0 Å². The van der Waals surface area contributed by atoms with Gasteiger partial charge in [-0.3, -0.25) is 4.79 Å². The van der Waals surface area contributed by atoms with Crippen molar-refractivity contribution in [2.75, 3.05) is 11.9 Å². The minimum atomic E-state index is -0.0176. The topological polar surface area (TPSA) is 41.1 Å². The summed E-state index contributed by atoms with van der Waals surface area (Å²) in [5, 5.41) is 6.23. The molecule has 2 rings (SSSR count). The molecule has 2 N–H and O–H groups in total. The number of nitrogens with one attached hydrogen (secondary N) is 2. The summed E-state index contributed by atoms with van der Waals surface area (Å²) in [4.78, 5) is 12.0. The molecule has 17 heavy (non-hydrogen) atoms. The van der Waals surface area contributed by atoms with Crippen molar-refractivity contribution in [3.8, 4) is 0 Å². The Morgan fingerprint density at radius 3 is 2.71 bits per heavy atom. The van der Waals surface area contributed by atoms with E-state index in [1.165, 1.54) is 11.1 Å². The molecule has 1 saturated heterocycles. The molecule has 0 bridgehead atoms. The number of benzene rings is 1. The summed E-state index contributed by atoms with van der Waals surface area (Å²) >= 11 is 0. The Kier molecular flexibility index (Phi) is 3.48. The van der Waals surface area contributed by atoms with E-state index >= 15 is 0 Å². The Balaban J connectivity index is 2.13. The first kappa shape index (κ1) is 12.1. The number of amides is 1. The molecule has 1 aliphatic heterocycles. The van der Waals surface area contributed by atoms with Crippen molar-refractivity contribution in [2.24, 2.45) is 0 Å². The van der Waals surface area contributed by atoms with Gasteiger partial charge in [-0.05, 0) is 62.9 Å². The zero-order valence-electron chi connectivity index (χ0n) is 10.8. The van der Waals surface area contributed by atoms with Crippen LogP contribution in [0.5, 0.6) is 0 Å². The molecule has 0 saturated carbocycles. The van der Waals surface area contributed by atoms with Crippen molar-refractivity contribution in [1.29, 1.82) is 0 Å². The van der Waals surface area contributed by atoms with Gasteiger partial charge in [0.05, 0.1) is 6.04 Å². The lowest BCUT2D eigenvalue weighted by atomic mass is 10.0. The van der Waals surface area contributed by atoms with Gasteiger partial charge >= 0.3 is 0 Å². The van der Waals surface area contributed by atoms with E-state index in [2.05, 4.69) is 37.5 Å². The first-order valence-electron chi connectivity index (χ1n) is 6.20. The third-order valence-electron chi connectivity index (χ3n) is 3.69. The Labute approximate surface area is 103 Å². The maximum Gasteiger partial charge on any atom is 0.241 e. The molecule has 3 nitrogen and oxygen atoms in total. The zero-order chi connectivity index (χ0) is 12.4. The molecule has 1 heterocycles. The van der Waals surface area contributed by atoms with Crippen molar-refractivity contribution in [2.45, 2.75) is 39.7 Å². The number of aryl methyl sites for hydroxylation is 1. The van der Waals surface area contributed by atoms with Crippen molar-refractivity contribution >= 4 is 11.6 Å². The fourth-order valence-electron chi connectivity index (χ4n) is 2.22. The van der Waals surface area contributed by atoms with Crippen LogP contribution in [0.4, 0.5) is 5.69 Å². The molecular weight excluding hydrogens is 212 g/mol. The van der Waals surface area contributed by atoms with E-state index in [0.29, 0.717) is 0 Å². The Morgan fingerprint density at radius 2 is 2.06 bits per heavy atom. The molecule has 0 radical (unpaired) electrons. The van der Waals surface area contributed by atoms with Gasteiger partial charge in [0.1, 0.15) is 0 Å². The van der Waals surface area contributed by atoms with E-state index in [4.69, 9.17) is 0 Å². The van der Waals surface area contributed by atoms with Gasteiger partial charge < -0.3 is 10.6 Å². The van der Waals surface area contributed by atoms with Crippen LogP contribution in [-0.4, -0.2) is 18.5 Å². The zero-order valence-corrected chi connectivity index (χ0v) is 10.8. The van der Waals surface area contributed by atoms with Gasteiger partial charge in [-0.2, -0.15) is 0 Å². The van der Waals surface area contributed by atoms with E-state index in [0.717, 1.165) is 30.6 Å². The minimum absolute atomic E-state index is 0.0176. The van der Waals surface area contributed by atoms with Gasteiger partial charge in [-0.1, -0.05) is 6.07 Å². The molecule has 1 aliphatic rings. The molecule has 0 aromatic heterocycles. The van der Waals surface area contributed by atoms with Crippen LogP contribution in [0.1, 0.15) is 29.5 Å². The van der Waals surface area contributed by atoms with Crippen LogP contribution in [0.15, 0.2) is 12.1 Å². The van der Waals surface area contributed by atoms with E-state index in [1.807, 2.05) is 6.07 Å². The van der Waals surface area contributed by atoms with Gasteiger partial charge in [-0.25, -0.2) is 0 Å². The number of carbonyl (C=O) groups excluding carboxylic acids is 1. The van der Waals surface area contributed by atoms with Crippen molar-refractivity contribution < 1.29 is 4.79 Å². The second-order valence-corrected chi connectivity index (χ2v) is 4.82. The molecule has 0 aliphatic carbocycles. The molecule has 1 unspecified atom stereocenters. The molecule has 1 aromatic rings. The van der Waals surface area contributed by atoms with Gasteiger partial charge in [0, 0.05) is 5.69 Å². The highest BCUT2D eigenvalue weighted by Crippen LogP contribution is 2.22. The maximum atomic E-state index is 12.0. The number of hydrogen-bond acceptors (Lipinski definition) is 2. The van der Waals surface area contributed by atoms with Crippen molar-refractivity contribution in [1.82, 2.24) is 5.32 Å². The third-order valence-corrected chi connectivity index (χ3v) is 3.69. The molecule has 3 heteroatoms. The molecule has 1 fully saturated rings. The largest absolute Gasteiger partial charge is 0.324 e. The lowest BCUT2D eigenvalue weighted by Gasteiger charge is -2.15. The molecule has 1 aromatic carbocycles. The summed E-state index contributed by atoms with van der Waals surface area (Å²) in [5.74, 6) is 0.0915. The molecular formula is C14H20N2O. The molecule has 0 spiro atoms. The summed E-state index contributed by atoms with van der Waals surface area (Å²) in [6.45, 7) is 7.19. The Hall–Kier alpha value is -1.35. The number of hydrogen-bond donors (Lipinski definition) is 2. The third kappa shape index (κ3) is 2.50. The summed E-state index contributed by atoms with van der Waals surface area (Å²) < 4.78 is 0. The monoisotopic (exact) mass is 232 g/mol. The van der Waals surface area contributed by atoms with Gasteiger partial charge in [-0.15, -0.1) is 0 Å². The summed E-state index contributed by atoms with van der Waals surface area (Å²) in [6, 6.07) is 4.03. The van der Waals surface area contributed by atoms with Gasteiger partial charge in [0.2, 0.25) is 5.91 Å². The minimum Gasteiger partial charge on any atom is -0.324 e. The lowest BCUT2D eigenvalue weighted by molar-refractivity contribution is -0.117. The van der Waals surface area contributed by atoms with Gasteiger partial charge in [0.25, 0.3) is 0 Å². The molecule has 1 amide bonds. The van der Waals surface area contributed by atoms with Crippen LogP contribution in [0, 0.1) is 20.8 Å². The van der Waals surface area contributed by atoms with Crippen LogP contribution in [0.3, 0.4) is 0 Å². The summed E-state index contributed by atoms with van der Waals surface area (Å²) in [5.41, 5.74) is 4.62. The van der Waals surface area contributed by atoms with Crippen LogP contribution in [0.2, 0.25) is 0 Å². The lowest BCUT2D eigenvalue weighted by Crippen LogP contribution is -2.35.